The molecule has 1 fully saturated rings. The molecule has 4 nitrogen and oxygen atoms in total. The minimum atomic E-state index is -0.268. The van der Waals surface area contributed by atoms with Gasteiger partial charge in [-0.3, -0.25) is 9.69 Å². The second-order valence-electron chi connectivity index (χ2n) is 6.32. The van der Waals surface area contributed by atoms with Gasteiger partial charge in [0, 0.05) is 6.54 Å². The summed E-state index contributed by atoms with van der Waals surface area (Å²) < 4.78 is 12.9. The molecular formula is C16H24FN3O. The zero-order valence-corrected chi connectivity index (χ0v) is 12.7. The van der Waals surface area contributed by atoms with Crippen LogP contribution in [0.25, 0.3) is 0 Å². The Labute approximate surface area is 125 Å². The van der Waals surface area contributed by atoms with Crippen molar-refractivity contribution in [1.82, 2.24) is 10.2 Å². The highest BCUT2D eigenvalue weighted by atomic mass is 19.1. The molecule has 1 heterocycles. The molecule has 0 radical (unpaired) electrons. The van der Waals surface area contributed by atoms with Gasteiger partial charge in [0.2, 0.25) is 5.91 Å². The van der Waals surface area contributed by atoms with Crippen LogP contribution in [0.2, 0.25) is 0 Å². The van der Waals surface area contributed by atoms with E-state index in [4.69, 9.17) is 5.73 Å². The fourth-order valence-corrected chi connectivity index (χ4v) is 2.75. The zero-order chi connectivity index (χ0) is 15.5. The molecule has 1 aromatic carbocycles. The molecule has 116 valence electrons. The summed E-state index contributed by atoms with van der Waals surface area (Å²) in [7, 11) is 0. The van der Waals surface area contributed by atoms with E-state index in [2.05, 4.69) is 17.1 Å². The zero-order valence-electron chi connectivity index (χ0n) is 12.7. The molecule has 0 bridgehead atoms. The fourth-order valence-electron chi connectivity index (χ4n) is 2.75. The number of nitrogens with two attached hydrogens (primary N) is 1. The number of amides is 1. The number of carbonyl (C=O) groups excluding carboxylic acids is 1. The summed E-state index contributed by atoms with van der Waals surface area (Å²) in [4.78, 5) is 14.2. The van der Waals surface area contributed by atoms with Gasteiger partial charge in [-0.25, -0.2) is 4.39 Å². The van der Waals surface area contributed by atoms with E-state index < -0.39 is 0 Å². The largest absolute Gasteiger partial charge is 0.348 e. The minimum absolute atomic E-state index is 0.00639. The first-order valence-electron chi connectivity index (χ1n) is 7.39. The van der Waals surface area contributed by atoms with Crippen LogP contribution in [0, 0.1) is 11.2 Å². The number of hydrogen-bond donors (Lipinski definition) is 2. The lowest BCUT2D eigenvalue weighted by Gasteiger charge is -2.23. The van der Waals surface area contributed by atoms with E-state index in [1.54, 1.807) is 12.1 Å². The van der Waals surface area contributed by atoms with E-state index in [0.29, 0.717) is 13.1 Å². The molecule has 0 saturated carbocycles. The van der Waals surface area contributed by atoms with E-state index in [1.807, 2.05) is 6.92 Å². The summed E-state index contributed by atoms with van der Waals surface area (Å²) in [6, 6.07) is 6.08. The van der Waals surface area contributed by atoms with Gasteiger partial charge in [0.05, 0.1) is 12.6 Å². The van der Waals surface area contributed by atoms with Crippen LogP contribution in [0.15, 0.2) is 24.3 Å². The summed E-state index contributed by atoms with van der Waals surface area (Å²) in [6.07, 6.45) is 1.03. The molecule has 21 heavy (non-hydrogen) atoms. The van der Waals surface area contributed by atoms with Crippen molar-refractivity contribution in [3.8, 4) is 0 Å². The van der Waals surface area contributed by atoms with Gasteiger partial charge in [-0.1, -0.05) is 19.1 Å². The lowest BCUT2D eigenvalue weighted by Crippen LogP contribution is -2.39. The molecule has 0 aliphatic carbocycles. The van der Waals surface area contributed by atoms with Crippen LogP contribution in [0.4, 0.5) is 4.39 Å². The first-order valence-corrected chi connectivity index (χ1v) is 7.39. The summed E-state index contributed by atoms with van der Waals surface area (Å²) in [5.74, 6) is -0.275. The Bertz CT molecular complexity index is 491. The molecule has 0 aromatic heterocycles. The number of halogens is 1. The van der Waals surface area contributed by atoms with Crippen molar-refractivity contribution in [2.24, 2.45) is 11.1 Å². The number of hydrogen-bond acceptors (Lipinski definition) is 3. The Morgan fingerprint density at radius 2 is 2.14 bits per heavy atom. The van der Waals surface area contributed by atoms with E-state index in [1.165, 1.54) is 12.1 Å². The van der Waals surface area contributed by atoms with Crippen molar-refractivity contribution in [3.05, 3.63) is 35.6 Å². The lowest BCUT2D eigenvalue weighted by atomic mass is 9.90. The predicted molar refractivity (Wildman–Crippen MR) is 81.2 cm³/mol. The van der Waals surface area contributed by atoms with Crippen LogP contribution >= 0.6 is 0 Å². The van der Waals surface area contributed by atoms with Crippen LogP contribution in [-0.2, 0) is 4.79 Å². The predicted octanol–water partition coefficient (Wildman–Crippen LogP) is 1.67. The second kappa shape index (κ2) is 6.54. The number of benzene rings is 1. The number of nitrogens with zero attached hydrogens (tertiary/aromatic N) is 1. The fraction of sp³-hybridized carbons (Fsp3) is 0.562. The lowest BCUT2D eigenvalue weighted by molar-refractivity contribution is -0.122. The summed E-state index contributed by atoms with van der Waals surface area (Å²) in [6.45, 7) is 6.87. The highest BCUT2D eigenvalue weighted by molar-refractivity contribution is 5.78. The van der Waals surface area contributed by atoms with E-state index >= 15 is 0 Å². The van der Waals surface area contributed by atoms with Crippen LogP contribution in [0.3, 0.4) is 0 Å². The van der Waals surface area contributed by atoms with Crippen molar-refractivity contribution < 1.29 is 9.18 Å². The first kappa shape index (κ1) is 15.9. The van der Waals surface area contributed by atoms with Gasteiger partial charge < -0.3 is 11.1 Å². The van der Waals surface area contributed by atoms with Gasteiger partial charge in [-0.15, -0.1) is 0 Å². The molecule has 2 atom stereocenters. The molecule has 1 aromatic rings. The monoisotopic (exact) mass is 293 g/mol. The Kier molecular flexibility index (Phi) is 4.96. The third kappa shape index (κ3) is 4.25. The maximum absolute atomic E-state index is 12.9. The van der Waals surface area contributed by atoms with Crippen molar-refractivity contribution in [2.75, 3.05) is 26.2 Å². The average molecular weight is 293 g/mol. The smallest absolute Gasteiger partial charge is 0.234 e. The highest BCUT2D eigenvalue weighted by Crippen LogP contribution is 2.28. The molecular weight excluding hydrogens is 269 g/mol. The van der Waals surface area contributed by atoms with E-state index in [9.17, 15) is 9.18 Å². The average Bonchev–Trinajstić information content (AvgIpc) is 2.81. The van der Waals surface area contributed by atoms with Crippen molar-refractivity contribution >= 4 is 5.91 Å². The standard InChI is InChI=1S/C16H24FN3O/c1-12(13-3-5-14(17)6-4-13)19-15(21)9-20-8-7-16(2,10-18)11-20/h3-6,12H,7-11,18H2,1-2H3,(H,19,21). The number of likely N-dealkylation sites (tertiary alicyclic amines) is 1. The Morgan fingerprint density at radius 1 is 1.48 bits per heavy atom. The summed E-state index contributed by atoms with van der Waals surface area (Å²) in [5.41, 5.74) is 6.80. The van der Waals surface area contributed by atoms with Crippen molar-refractivity contribution in [1.29, 1.82) is 0 Å². The summed E-state index contributed by atoms with van der Waals surface area (Å²) in [5, 5.41) is 2.95. The molecule has 0 spiro atoms. The van der Waals surface area contributed by atoms with Crippen LogP contribution in [0.1, 0.15) is 31.9 Å². The third-order valence-electron chi connectivity index (χ3n) is 4.24. The molecule has 2 unspecified atom stereocenters. The van der Waals surface area contributed by atoms with Gasteiger partial charge in [-0.05, 0) is 49.5 Å². The molecule has 1 saturated heterocycles. The molecule has 2 rings (SSSR count). The second-order valence-corrected chi connectivity index (χ2v) is 6.32. The van der Waals surface area contributed by atoms with Crippen molar-refractivity contribution in [2.45, 2.75) is 26.3 Å². The third-order valence-corrected chi connectivity index (χ3v) is 4.24. The minimum Gasteiger partial charge on any atom is -0.348 e. The maximum Gasteiger partial charge on any atom is 0.234 e. The Balaban J connectivity index is 1.83. The van der Waals surface area contributed by atoms with Gasteiger partial charge in [0.25, 0.3) is 0 Å². The molecule has 5 heteroatoms. The van der Waals surface area contributed by atoms with Crippen LogP contribution < -0.4 is 11.1 Å². The topological polar surface area (TPSA) is 58.4 Å². The Morgan fingerprint density at radius 3 is 2.71 bits per heavy atom. The summed E-state index contributed by atoms with van der Waals surface area (Å²) >= 11 is 0. The molecule has 1 aliphatic rings. The number of carbonyl (C=O) groups is 1. The van der Waals surface area contributed by atoms with Crippen molar-refractivity contribution in [3.63, 3.8) is 0 Å². The normalized spacial score (nSPS) is 24.0. The number of rotatable bonds is 5. The highest BCUT2D eigenvalue weighted by Gasteiger charge is 2.33. The van der Waals surface area contributed by atoms with Crippen LogP contribution in [0.5, 0.6) is 0 Å². The van der Waals surface area contributed by atoms with Gasteiger partial charge in [0.1, 0.15) is 5.82 Å². The Hall–Kier alpha value is -1.46. The molecule has 1 aliphatic heterocycles. The van der Waals surface area contributed by atoms with Gasteiger partial charge >= 0.3 is 0 Å². The first-order chi connectivity index (χ1) is 9.92. The van der Waals surface area contributed by atoms with Crippen LogP contribution in [-0.4, -0.2) is 37.0 Å². The maximum atomic E-state index is 12.9. The van der Waals surface area contributed by atoms with Gasteiger partial charge in [0.15, 0.2) is 0 Å². The SMILES string of the molecule is CC(NC(=O)CN1CCC(C)(CN)C1)c1ccc(F)cc1. The van der Waals surface area contributed by atoms with E-state index in [-0.39, 0.29) is 23.2 Å². The van der Waals surface area contributed by atoms with Gasteiger partial charge in [-0.2, -0.15) is 0 Å². The molecule has 3 N–H and O–H groups in total. The quantitative estimate of drug-likeness (QED) is 0.868. The number of nitrogens with one attached hydrogen (secondary N) is 1. The molecule has 1 amide bonds. The van der Waals surface area contributed by atoms with E-state index in [0.717, 1.165) is 25.1 Å².